The Kier molecular flexibility index (Phi) is 4.06. The van der Waals surface area contributed by atoms with Crippen molar-refractivity contribution in [2.45, 2.75) is 12.3 Å². The van der Waals surface area contributed by atoms with Crippen molar-refractivity contribution in [1.82, 2.24) is 9.97 Å². The van der Waals surface area contributed by atoms with Gasteiger partial charge in [-0.3, -0.25) is 0 Å². The summed E-state index contributed by atoms with van der Waals surface area (Å²) in [6.07, 6.45) is -3.94. The number of halogens is 6. The third-order valence-electron chi connectivity index (χ3n) is 2.51. The van der Waals surface area contributed by atoms with Crippen LogP contribution in [0.2, 0.25) is 5.15 Å². The van der Waals surface area contributed by atoms with E-state index in [4.69, 9.17) is 16.3 Å². The van der Waals surface area contributed by atoms with E-state index in [1.165, 1.54) is 13.2 Å². The molecule has 0 fully saturated rings. The van der Waals surface area contributed by atoms with E-state index in [0.29, 0.717) is 4.47 Å². The van der Waals surface area contributed by atoms with Gasteiger partial charge in [0.15, 0.2) is 0 Å². The predicted molar refractivity (Wildman–Crippen MR) is 68.7 cm³/mol. The molecule has 2 aromatic rings. The van der Waals surface area contributed by atoms with Gasteiger partial charge < -0.3 is 4.74 Å². The molecule has 0 amide bonds. The molecule has 20 heavy (non-hydrogen) atoms. The molecular formula is C11H6BrClF4N2O. The maximum Gasteiger partial charge on any atom is 0.365 e. The van der Waals surface area contributed by atoms with Crippen LogP contribution in [0.25, 0.3) is 10.9 Å². The first-order chi connectivity index (χ1) is 9.28. The number of methoxy groups -OCH3 is 1. The maximum absolute atomic E-state index is 13.3. The normalized spacial score (nSPS) is 12.2. The van der Waals surface area contributed by atoms with Crippen LogP contribution in [0.3, 0.4) is 0 Å². The Balaban J connectivity index is 2.80. The van der Waals surface area contributed by atoms with Gasteiger partial charge in [0.2, 0.25) is 5.82 Å². The highest BCUT2D eigenvalue weighted by Gasteiger charge is 2.46. The van der Waals surface area contributed by atoms with Gasteiger partial charge in [-0.2, -0.15) is 8.78 Å². The van der Waals surface area contributed by atoms with Crippen molar-refractivity contribution in [2.75, 3.05) is 7.11 Å². The summed E-state index contributed by atoms with van der Waals surface area (Å²) in [6, 6.07) is 3.00. The molecule has 1 aromatic carbocycles. The molecule has 1 heterocycles. The van der Waals surface area contributed by atoms with Crippen molar-refractivity contribution in [3.63, 3.8) is 0 Å². The Morgan fingerprint density at radius 2 is 1.95 bits per heavy atom. The largest absolute Gasteiger partial charge is 0.494 e. The molecular weight excluding hydrogens is 367 g/mol. The summed E-state index contributed by atoms with van der Waals surface area (Å²) in [5, 5.41) is -0.157. The number of alkyl halides is 4. The van der Waals surface area contributed by atoms with E-state index in [1.54, 1.807) is 6.07 Å². The Bertz CT molecular complexity index is 668. The van der Waals surface area contributed by atoms with Crippen molar-refractivity contribution in [3.8, 4) is 5.75 Å². The van der Waals surface area contributed by atoms with Gasteiger partial charge in [0.05, 0.1) is 12.5 Å². The van der Waals surface area contributed by atoms with E-state index in [2.05, 4.69) is 25.9 Å². The molecule has 1 aromatic heterocycles. The summed E-state index contributed by atoms with van der Waals surface area (Å²) in [4.78, 5) is 6.75. The Labute approximate surface area is 124 Å². The first-order valence-electron chi connectivity index (χ1n) is 5.15. The van der Waals surface area contributed by atoms with Gasteiger partial charge in [0, 0.05) is 4.47 Å². The Morgan fingerprint density at radius 1 is 1.30 bits per heavy atom. The lowest BCUT2D eigenvalue weighted by atomic mass is 10.2. The number of hydrogen-bond acceptors (Lipinski definition) is 3. The van der Waals surface area contributed by atoms with Crippen LogP contribution in [0.15, 0.2) is 16.6 Å². The minimum absolute atomic E-state index is 0.0720. The number of aromatic nitrogens is 2. The minimum atomic E-state index is -4.49. The van der Waals surface area contributed by atoms with Crippen molar-refractivity contribution in [2.24, 2.45) is 0 Å². The lowest BCUT2D eigenvalue weighted by molar-refractivity contribution is -0.140. The molecule has 0 atom stereocenters. The van der Waals surface area contributed by atoms with Gasteiger partial charge in [-0.25, -0.2) is 18.7 Å². The number of ether oxygens (including phenoxy) is 1. The predicted octanol–water partition coefficient (Wildman–Crippen LogP) is 4.41. The van der Waals surface area contributed by atoms with Crippen LogP contribution >= 0.6 is 27.5 Å². The molecule has 0 unspecified atom stereocenters. The number of nitrogens with zero attached hydrogens (tertiary/aromatic N) is 2. The van der Waals surface area contributed by atoms with Gasteiger partial charge in [0.25, 0.3) is 0 Å². The van der Waals surface area contributed by atoms with E-state index < -0.39 is 18.2 Å². The van der Waals surface area contributed by atoms with E-state index in [9.17, 15) is 17.6 Å². The SMILES string of the molecule is COc1ccc(Br)c2c(Cl)nc(C(F)(F)C(F)F)nc12. The van der Waals surface area contributed by atoms with Crippen LogP contribution < -0.4 is 4.74 Å². The molecule has 0 saturated heterocycles. The Hall–Kier alpha value is -1.15. The molecule has 108 valence electrons. The van der Waals surface area contributed by atoms with Crippen molar-refractivity contribution in [1.29, 1.82) is 0 Å². The number of benzene rings is 1. The molecule has 3 nitrogen and oxygen atoms in total. The van der Waals surface area contributed by atoms with Crippen molar-refractivity contribution >= 4 is 38.4 Å². The zero-order valence-corrected chi connectivity index (χ0v) is 12.1. The molecule has 0 aliphatic heterocycles. The molecule has 0 bridgehead atoms. The molecule has 0 aliphatic carbocycles. The summed E-state index contributed by atoms with van der Waals surface area (Å²) in [5.41, 5.74) is -0.0720. The zero-order chi connectivity index (χ0) is 15.1. The fraction of sp³-hybridized carbons (Fsp3) is 0.273. The van der Waals surface area contributed by atoms with Gasteiger partial charge >= 0.3 is 12.3 Å². The number of hydrogen-bond donors (Lipinski definition) is 0. The molecule has 0 spiro atoms. The fourth-order valence-electron chi connectivity index (χ4n) is 1.55. The van der Waals surface area contributed by atoms with E-state index in [1.807, 2.05) is 0 Å². The Morgan fingerprint density at radius 3 is 2.50 bits per heavy atom. The summed E-state index contributed by atoms with van der Waals surface area (Å²) >= 11 is 8.95. The monoisotopic (exact) mass is 372 g/mol. The summed E-state index contributed by atoms with van der Waals surface area (Å²) in [7, 11) is 1.30. The van der Waals surface area contributed by atoms with Crippen molar-refractivity contribution < 1.29 is 22.3 Å². The fourth-order valence-corrected chi connectivity index (χ4v) is 2.44. The van der Waals surface area contributed by atoms with E-state index in [0.717, 1.165) is 0 Å². The van der Waals surface area contributed by atoms with E-state index >= 15 is 0 Å². The summed E-state index contributed by atoms with van der Waals surface area (Å²) in [5.74, 6) is -5.72. The lowest BCUT2D eigenvalue weighted by Gasteiger charge is -2.15. The average Bonchev–Trinajstić information content (AvgIpc) is 2.38. The van der Waals surface area contributed by atoms with E-state index in [-0.39, 0.29) is 21.8 Å². The quantitative estimate of drug-likeness (QED) is 0.590. The lowest BCUT2D eigenvalue weighted by Crippen LogP contribution is -2.26. The molecule has 2 rings (SSSR count). The molecule has 9 heteroatoms. The second-order valence-corrected chi connectivity index (χ2v) is 4.95. The molecule has 0 N–H and O–H groups in total. The van der Waals surface area contributed by atoms with Crippen LogP contribution in [0.5, 0.6) is 5.75 Å². The highest BCUT2D eigenvalue weighted by atomic mass is 79.9. The molecule has 0 aliphatic rings. The first-order valence-corrected chi connectivity index (χ1v) is 6.32. The molecule has 0 saturated carbocycles. The molecule has 0 radical (unpaired) electrons. The first kappa shape index (κ1) is 15.2. The van der Waals surface area contributed by atoms with Crippen LogP contribution in [0.1, 0.15) is 5.82 Å². The highest BCUT2D eigenvalue weighted by Crippen LogP contribution is 2.38. The topological polar surface area (TPSA) is 35.0 Å². The maximum atomic E-state index is 13.3. The number of rotatable bonds is 3. The second kappa shape index (κ2) is 5.33. The average molecular weight is 374 g/mol. The minimum Gasteiger partial charge on any atom is -0.494 e. The summed E-state index contributed by atoms with van der Waals surface area (Å²) in [6.45, 7) is 0. The van der Waals surface area contributed by atoms with Gasteiger partial charge in [-0.15, -0.1) is 0 Å². The second-order valence-electron chi connectivity index (χ2n) is 3.73. The highest BCUT2D eigenvalue weighted by molar-refractivity contribution is 9.10. The van der Waals surface area contributed by atoms with Gasteiger partial charge in [-0.05, 0) is 28.1 Å². The standard InChI is InChI=1S/C11H6BrClF4N2O/c1-20-5-3-2-4(12)6-7(5)18-10(19-8(6)13)11(16,17)9(14)15/h2-3,9H,1H3. The van der Waals surface area contributed by atoms with Crippen LogP contribution in [-0.2, 0) is 5.92 Å². The third kappa shape index (κ3) is 2.42. The van der Waals surface area contributed by atoms with Gasteiger partial charge in [0.1, 0.15) is 16.4 Å². The summed E-state index contributed by atoms with van der Waals surface area (Å²) < 4.78 is 56.8. The van der Waals surface area contributed by atoms with Crippen LogP contribution in [0.4, 0.5) is 17.6 Å². The van der Waals surface area contributed by atoms with Crippen LogP contribution in [-0.4, -0.2) is 23.5 Å². The smallest absolute Gasteiger partial charge is 0.365 e. The van der Waals surface area contributed by atoms with Crippen LogP contribution in [0, 0.1) is 0 Å². The van der Waals surface area contributed by atoms with Gasteiger partial charge in [-0.1, -0.05) is 11.6 Å². The van der Waals surface area contributed by atoms with Crippen molar-refractivity contribution in [3.05, 3.63) is 27.6 Å². The zero-order valence-electron chi connectivity index (χ0n) is 9.80. The third-order valence-corrected chi connectivity index (χ3v) is 3.44. The number of fused-ring (bicyclic) bond motifs is 1.